The number of halogens is 1. The van der Waals surface area contributed by atoms with E-state index in [0.29, 0.717) is 17.8 Å². The molecule has 1 aromatic carbocycles. The molecule has 0 unspecified atom stereocenters. The molecule has 174 valence electrons. The highest BCUT2D eigenvalue weighted by molar-refractivity contribution is 6.03. The van der Waals surface area contributed by atoms with Crippen LogP contribution in [0.4, 0.5) is 4.39 Å². The van der Waals surface area contributed by atoms with Crippen LogP contribution < -0.4 is 5.32 Å². The summed E-state index contributed by atoms with van der Waals surface area (Å²) in [6.07, 6.45) is 6.54. The number of carbonyl (C=O) groups excluding carboxylic acids is 2. The highest BCUT2D eigenvalue weighted by atomic mass is 19.1. The smallest absolute Gasteiger partial charge is 0.271 e. The average molecular weight is 452 g/mol. The van der Waals surface area contributed by atoms with E-state index in [-0.39, 0.29) is 30.2 Å². The topological polar surface area (TPSA) is 67.5 Å². The molecule has 7 heteroatoms. The summed E-state index contributed by atoms with van der Waals surface area (Å²) in [6.45, 7) is 4.26. The minimum absolute atomic E-state index is 0.127. The monoisotopic (exact) mass is 451 g/mol. The number of hydrogen-bond acceptors (Lipinski definition) is 3. The zero-order valence-corrected chi connectivity index (χ0v) is 19.2. The van der Waals surface area contributed by atoms with Crippen LogP contribution in [0.15, 0.2) is 40.8 Å². The zero-order chi connectivity index (χ0) is 23.2. The number of furan rings is 1. The molecule has 2 amide bonds. The van der Waals surface area contributed by atoms with Gasteiger partial charge in [-0.15, -0.1) is 0 Å². The standard InChI is InChI=1S/C26H30FN3O3/c1-17-13-21-23(33-17)14-22-24(31)30(15-18-9-11-19(27)12-10-18)26(2,16-29(21)22)25(32)28-20-7-5-3-4-6-8-20/h9-14,20H,3-8,15-16H2,1-2H3,(H,28,32)/t26-/m0/s1. The Balaban J connectivity index is 1.52. The number of nitrogens with zero attached hydrogens (tertiary/aromatic N) is 2. The molecule has 0 spiro atoms. The van der Waals surface area contributed by atoms with E-state index in [9.17, 15) is 14.0 Å². The van der Waals surface area contributed by atoms with Crippen molar-refractivity contribution in [2.24, 2.45) is 0 Å². The number of nitrogens with one attached hydrogen (secondary N) is 1. The molecule has 2 aliphatic rings. The third-order valence-corrected chi connectivity index (χ3v) is 7.17. The molecule has 1 saturated carbocycles. The Bertz CT molecular complexity index is 1190. The first-order chi connectivity index (χ1) is 15.8. The van der Waals surface area contributed by atoms with Crippen LogP contribution in [0.25, 0.3) is 11.1 Å². The van der Waals surface area contributed by atoms with Crippen LogP contribution in [0.3, 0.4) is 0 Å². The molecule has 1 fully saturated rings. The summed E-state index contributed by atoms with van der Waals surface area (Å²) in [5.74, 6) is 0.0639. The number of carbonyl (C=O) groups is 2. The molecule has 33 heavy (non-hydrogen) atoms. The van der Waals surface area contributed by atoms with Crippen LogP contribution in [0.1, 0.15) is 67.3 Å². The summed E-state index contributed by atoms with van der Waals surface area (Å²) in [4.78, 5) is 29.1. The summed E-state index contributed by atoms with van der Waals surface area (Å²) in [6, 6.07) is 9.87. The van der Waals surface area contributed by atoms with Gasteiger partial charge >= 0.3 is 0 Å². The maximum Gasteiger partial charge on any atom is 0.271 e. The van der Waals surface area contributed by atoms with Crippen LogP contribution >= 0.6 is 0 Å². The summed E-state index contributed by atoms with van der Waals surface area (Å²) in [5, 5.41) is 3.26. The lowest BCUT2D eigenvalue weighted by atomic mass is 9.93. The Kier molecular flexibility index (Phi) is 5.51. The van der Waals surface area contributed by atoms with Gasteiger partial charge < -0.3 is 19.2 Å². The Hall–Kier alpha value is -3.09. The van der Waals surface area contributed by atoms with Gasteiger partial charge in [-0.2, -0.15) is 0 Å². The van der Waals surface area contributed by atoms with Crippen molar-refractivity contribution < 1.29 is 18.4 Å². The molecule has 1 atom stereocenters. The molecule has 1 N–H and O–H groups in total. The lowest BCUT2D eigenvalue weighted by molar-refractivity contribution is -0.134. The van der Waals surface area contributed by atoms with Gasteiger partial charge in [0, 0.05) is 24.7 Å². The second kappa shape index (κ2) is 8.36. The second-order valence-electron chi connectivity index (χ2n) is 9.68. The first-order valence-electron chi connectivity index (χ1n) is 11.8. The van der Waals surface area contributed by atoms with Gasteiger partial charge in [0.25, 0.3) is 5.91 Å². The van der Waals surface area contributed by atoms with E-state index in [4.69, 9.17) is 4.42 Å². The zero-order valence-electron chi connectivity index (χ0n) is 19.2. The van der Waals surface area contributed by atoms with Gasteiger partial charge in [-0.25, -0.2) is 4.39 Å². The summed E-state index contributed by atoms with van der Waals surface area (Å²) >= 11 is 0. The first-order valence-corrected chi connectivity index (χ1v) is 11.8. The predicted octanol–water partition coefficient (Wildman–Crippen LogP) is 4.94. The van der Waals surface area contributed by atoms with E-state index < -0.39 is 5.54 Å². The number of amides is 2. The quantitative estimate of drug-likeness (QED) is 0.572. The van der Waals surface area contributed by atoms with Gasteiger partial charge in [0.05, 0.1) is 12.1 Å². The van der Waals surface area contributed by atoms with Crippen LogP contribution in [0, 0.1) is 12.7 Å². The number of benzene rings is 1. The average Bonchev–Trinajstić information content (AvgIpc) is 3.18. The molecule has 0 bridgehead atoms. The molecular weight excluding hydrogens is 421 g/mol. The maximum atomic E-state index is 13.8. The van der Waals surface area contributed by atoms with Crippen LogP contribution in [0.5, 0.6) is 0 Å². The molecule has 3 heterocycles. The van der Waals surface area contributed by atoms with E-state index in [0.717, 1.165) is 42.5 Å². The van der Waals surface area contributed by atoms with E-state index in [2.05, 4.69) is 5.32 Å². The van der Waals surface area contributed by atoms with Gasteiger partial charge in [-0.05, 0) is 44.4 Å². The SMILES string of the molecule is Cc1cc2c(cc3n2C[C@@](C)(C(=O)NC2CCCCCC2)N(Cc2ccc(F)cc2)C3=O)o1. The van der Waals surface area contributed by atoms with Gasteiger partial charge in [0.15, 0.2) is 5.58 Å². The lowest BCUT2D eigenvalue weighted by Crippen LogP contribution is -2.64. The number of fused-ring (bicyclic) bond motifs is 3. The van der Waals surface area contributed by atoms with Crippen molar-refractivity contribution in [2.45, 2.75) is 77.0 Å². The fourth-order valence-electron chi connectivity index (χ4n) is 5.25. The minimum atomic E-state index is -1.10. The molecule has 2 aromatic heterocycles. The number of aryl methyl sites for hydroxylation is 1. The van der Waals surface area contributed by atoms with Crippen molar-refractivity contribution in [3.8, 4) is 0 Å². The summed E-state index contributed by atoms with van der Waals surface area (Å²) in [7, 11) is 0. The lowest BCUT2D eigenvalue weighted by Gasteiger charge is -2.44. The molecule has 3 aromatic rings. The van der Waals surface area contributed by atoms with E-state index in [1.807, 2.05) is 24.5 Å². The Morgan fingerprint density at radius 1 is 1.15 bits per heavy atom. The van der Waals surface area contributed by atoms with Crippen LogP contribution in [-0.2, 0) is 17.9 Å². The molecule has 0 saturated heterocycles. The molecule has 1 aliphatic heterocycles. The van der Waals surface area contributed by atoms with Crippen molar-refractivity contribution in [3.63, 3.8) is 0 Å². The van der Waals surface area contributed by atoms with Gasteiger partial charge in [0.1, 0.15) is 22.8 Å². The summed E-state index contributed by atoms with van der Waals surface area (Å²) < 4.78 is 21.1. The van der Waals surface area contributed by atoms with Crippen LogP contribution in [-0.4, -0.2) is 32.9 Å². The van der Waals surface area contributed by atoms with Gasteiger partial charge in [0.2, 0.25) is 5.91 Å². The highest BCUT2D eigenvalue weighted by Gasteiger charge is 2.48. The highest BCUT2D eigenvalue weighted by Crippen LogP contribution is 2.35. The van der Waals surface area contributed by atoms with Gasteiger partial charge in [-0.1, -0.05) is 37.8 Å². The maximum absolute atomic E-state index is 13.8. The third-order valence-electron chi connectivity index (χ3n) is 7.17. The Morgan fingerprint density at radius 2 is 1.85 bits per heavy atom. The molecule has 6 nitrogen and oxygen atoms in total. The summed E-state index contributed by atoms with van der Waals surface area (Å²) in [5.41, 5.74) is 1.65. The minimum Gasteiger partial charge on any atom is -0.460 e. The largest absolute Gasteiger partial charge is 0.460 e. The molecule has 5 rings (SSSR count). The molecular formula is C26H30FN3O3. The van der Waals surface area contributed by atoms with Crippen molar-refractivity contribution in [2.75, 3.05) is 0 Å². The fraction of sp³-hybridized carbons (Fsp3) is 0.462. The number of aromatic nitrogens is 1. The van der Waals surface area contributed by atoms with Crippen molar-refractivity contribution >= 4 is 22.9 Å². The van der Waals surface area contributed by atoms with E-state index in [1.165, 1.54) is 25.0 Å². The van der Waals surface area contributed by atoms with Crippen molar-refractivity contribution in [1.29, 1.82) is 0 Å². The fourth-order valence-corrected chi connectivity index (χ4v) is 5.25. The normalized spacial score (nSPS) is 21.8. The number of rotatable bonds is 4. The van der Waals surface area contributed by atoms with Gasteiger partial charge in [-0.3, -0.25) is 9.59 Å². The molecule has 1 aliphatic carbocycles. The van der Waals surface area contributed by atoms with Crippen molar-refractivity contribution in [3.05, 3.63) is 59.2 Å². The van der Waals surface area contributed by atoms with Crippen molar-refractivity contribution in [1.82, 2.24) is 14.8 Å². The van der Waals surface area contributed by atoms with Crippen LogP contribution in [0.2, 0.25) is 0 Å². The van der Waals surface area contributed by atoms with E-state index in [1.54, 1.807) is 23.1 Å². The molecule has 0 radical (unpaired) electrons. The Labute approximate surface area is 192 Å². The first kappa shape index (κ1) is 21.7. The number of hydrogen-bond donors (Lipinski definition) is 1. The third kappa shape index (κ3) is 3.94. The van der Waals surface area contributed by atoms with E-state index >= 15 is 0 Å². The predicted molar refractivity (Wildman–Crippen MR) is 123 cm³/mol. The second-order valence-corrected chi connectivity index (χ2v) is 9.68. The Morgan fingerprint density at radius 3 is 2.55 bits per heavy atom.